The highest BCUT2D eigenvalue weighted by molar-refractivity contribution is 5.81. The van der Waals surface area contributed by atoms with Gasteiger partial charge in [0.2, 0.25) is 5.91 Å². The highest BCUT2D eigenvalue weighted by Crippen LogP contribution is 2.20. The van der Waals surface area contributed by atoms with Gasteiger partial charge >= 0.3 is 0 Å². The maximum Gasteiger partial charge on any atom is 0.237 e. The maximum atomic E-state index is 11.8. The number of aliphatic hydroxyl groups excluding tert-OH is 1. The van der Waals surface area contributed by atoms with Crippen LogP contribution < -0.4 is 10.1 Å². The molecule has 0 saturated carbocycles. The lowest BCUT2D eigenvalue weighted by Gasteiger charge is -2.25. The number of aliphatic hydroxyl groups is 1. The Morgan fingerprint density at radius 3 is 3.00 bits per heavy atom. The summed E-state index contributed by atoms with van der Waals surface area (Å²) < 4.78 is 5.73. The summed E-state index contributed by atoms with van der Waals surface area (Å²) in [5.74, 6) is 0.837. The number of likely N-dealkylation sites (N-methyl/N-ethyl adjacent to an activating group) is 1. The minimum atomic E-state index is -0.606. The van der Waals surface area contributed by atoms with E-state index in [-0.39, 0.29) is 18.6 Å². The summed E-state index contributed by atoms with van der Waals surface area (Å²) in [7, 11) is 1.65. The third kappa shape index (κ3) is 4.21. The van der Waals surface area contributed by atoms with Gasteiger partial charge in [-0.3, -0.25) is 9.69 Å². The summed E-state index contributed by atoms with van der Waals surface area (Å²) in [6.07, 6.45) is 1.23. The van der Waals surface area contributed by atoms with Gasteiger partial charge in [0.25, 0.3) is 0 Å². The van der Waals surface area contributed by atoms with E-state index in [1.54, 1.807) is 7.05 Å². The van der Waals surface area contributed by atoms with Gasteiger partial charge in [-0.1, -0.05) is 12.1 Å². The molecule has 22 heavy (non-hydrogen) atoms. The number of nitrogens with zero attached hydrogens (tertiary/aromatic N) is 1. The second kappa shape index (κ2) is 7.61. The molecule has 5 heteroatoms. The Bertz CT molecular complexity index is 519. The van der Waals surface area contributed by atoms with E-state index in [0.29, 0.717) is 6.54 Å². The van der Waals surface area contributed by atoms with Crippen LogP contribution in [0.2, 0.25) is 0 Å². The summed E-state index contributed by atoms with van der Waals surface area (Å²) in [6, 6.07) is 5.90. The van der Waals surface area contributed by atoms with Gasteiger partial charge in [0.1, 0.15) is 18.5 Å². The molecule has 1 fully saturated rings. The molecule has 1 aliphatic rings. The van der Waals surface area contributed by atoms with E-state index in [4.69, 9.17) is 4.74 Å². The Balaban J connectivity index is 1.86. The van der Waals surface area contributed by atoms with Gasteiger partial charge in [-0.05, 0) is 50.4 Å². The van der Waals surface area contributed by atoms with Gasteiger partial charge in [-0.25, -0.2) is 0 Å². The van der Waals surface area contributed by atoms with Gasteiger partial charge in [-0.15, -0.1) is 0 Å². The number of rotatable bonds is 6. The van der Waals surface area contributed by atoms with Crippen molar-refractivity contribution < 1.29 is 14.6 Å². The standard InChI is InChI=1S/C17H26N2O3/c1-12-6-7-13(2)16(9-12)22-11-14(20)10-19-8-4-5-15(19)17(21)18-3/h6-7,9,14-15,20H,4-5,8,10-11H2,1-3H3,(H,18,21). The van der Waals surface area contributed by atoms with Gasteiger partial charge in [-0.2, -0.15) is 0 Å². The molecule has 0 bridgehead atoms. The summed E-state index contributed by atoms with van der Waals surface area (Å²) in [5.41, 5.74) is 2.19. The normalized spacial score (nSPS) is 19.9. The van der Waals surface area contributed by atoms with E-state index >= 15 is 0 Å². The summed E-state index contributed by atoms with van der Waals surface area (Å²) in [5, 5.41) is 12.9. The third-order valence-electron chi connectivity index (χ3n) is 4.13. The lowest BCUT2D eigenvalue weighted by atomic mass is 10.1. The predicted molar refractivity (Wildman–Crippen MR) is 86.1 cm³/mol. The van der Waals surface area contributed by atoms with Crippen LogP contribution in [-0.4, -0.2) is 54.8 Å². The average molecular weight is 306 g/mol. The first-order valence-corrected chi connectivity index (χ1v) is 7.85. The van der Waals surface area contributed by atoms with Crippen LogP contribution in [0, 0.1) is 13.8 Å². The number of benzene rings is 1. The van der Waals surface area contributed by atoms with E-state index in [1.807, 2.05) is 36.9 Å². The van der Waals surface area contributed by atoms with E-state index in [0.717, 1.165) is 36.3 Å². The van der Waals surface area contributed by atoms with E-state index < -0.39 is 6.10 Å². The van der Waals surface area contributed by atoms with Gasteiger partial charge in [0, 0.05) is 13.6 Å². The first kappa shape index (κ1) is 16.8. The fourth-order valence-corrected chi connectivity index (χ4v) is 2.88. The number of hydrogen-bond donors (Lipinski definition) is 2. The smallest absolute Gasteiger partial charge is 0.237 e. The van der Waals surface area contributed by atoms with E-state index in [2.05, 4.69) is 5.32 Å². The van der Waals surface area contributed by atoms with Crippen molar-refractivity contribution in [1.29, 1.82) is 0 Å². The molecule has 0 spiro atoms. The number of nitrogens with one attached hydrogen (secondary N) is 1. The van der Waals surface area contributed by atoms with Gasteiger partial charge in [0.05, 0.1) is 6.04 Å². The number of carbonyl (C=O) groups is 1. The van der Waals surface area contributed by atoms with Crippen LogP contribution in [0.15, 0.2) is 18.2 Å². The van der Waals surface area contributed by atoms with Crippen molar-refractivity contribution in [1.82, 2.24) is 10.2 Å². The minimum absolute atomic E-state index is 0.0279. The average Bonchev–Trinajstić information content (AvgIpc) is 2.95. The number of ether oxygens (including phenoxy) is 1. The van der Waals surface area contributed by atoms with Gasteiger partial charge < -0.3 is 15.2 Å². The quantitative estimate of drug-likeness (QED) is 0.830. The Kier molecular flexibility index (Phi) is 5.80. The molecule has 2 rings (SSSR count). The lowest BCUT2D eigenvalue weighted by molar-refractivity contribution is -0.125. The second-order valence-electron chi connectivity index (χ2n) is 6.00. The van der Waals surface area contributed by atoms with Crippen molar-refractivity contribution in [2.24, 2.45) is 0 Å². The molecule has 1 heterocycles. The predicted octanol–water partition coefficient (Wildman–Crippen LogP) is 1.25. The van der Waals surface area contributed by atoms with Crippen LogP contribution in [0.1, 0.15) is 24.0 Å². The van der Waals surface area contributed by atoms with Crippen molar-refractivity contribution in [2.45, 2.75) is 38.8 Å². The van der Waals surface area contributed by atoms with Crippen LogP contribution in [0.3, 0.4) is 0 Å². The van der Waals surface area contributed by atoms with Crippen molar-refractivity contribution in [3.05, 3.63) is 29.3 Å². The number of carbonyl (C=O) groups excluding carboxylic acids is 1. The molecule has 1 aromatic rings. The monoisotopic (exact) mass is 306 g/mol. The summed E-state index contributed by atoms with van der Waals surface area (Å²) >= 11 is 0. The molecular weight excluding hydrogens is 280 g/mol. The zero-order valence-corrected chi connectivity index (χ0v) is 13.6. The fraction of sp³-hybridized carbons (Fsp3) is 0.588. The molecule has 1 amide bonds. The SMILES string of the molecule is CNC(=O)C1CCCN1CC(O)COc1cc(C)ccc1C. The number of likely N-dealkylation sites (tertiary alicyclic amines) is 1. The largest absolute Gasteiger partial charge is 0.491 e. The molecule has 0 aromatic heterocycles. The molecule has 0 radical (unpaired) electrons. The van der Waals surface area contributed by atoms with Crippen molar-refractivity contribution in [3.8, 4) is 5.75 Å². The molecule has 5 nitrogen and oxygen atoms in total. The summed E-state index contributed by atoms with van der Waals surface area (Å²) in [6.45, 7) is 5.55. The molecular formula is C17H26N2O3. The van der Waals surface area contributed by atoms with E-state index in [1.165, 1.54) is 0 Å². The van der Waals surface area contributed by atoms with Crippen LogP contribution in [0.5, 0.6) is 5.75 Å². The fourth-order valence-electron chi connectivity index (χ4n) is 2.88. The third-order valence-corrected chi connectivity index (χ3v) is 4.13. The van der Waals surface area contributed by atoms with Crippen molar-refractivity contribution in [2.75, 3.05) is 26.7 Å². The summed E-state index contributed by atoms with van der Waals surface area (Å²) in [4.78, 5) is 13.8. The first-order chi connectivity index (χ1) is 10.5. The van der Waals surface area contributed by atoms with Crippen molar-refractivity contribution in [3.63, 3.8) is 0 Å². The number of β-amino-alcohol motifs (C(OH)–C–C–N with tert-alkyl or cyclic N) is 1. The van der Waals surface area contributed by atoms with Crippen molar-refractivity contribution >= 4 is 5.91 Å². The minimum Gasteiger partial charge on any atom is -0.491 e. The highest BCUT2D eigenvalue weighted by atomic mass is 16.5. The molecule has 0 aliphatic carbocycles. The van der Waals surface area contributed by atoms with Crippen LogP contribution in [-0.2, 0) is 4.79 Å². The second-order valence-corrected chi connectivity index (χ2v) is 6.00. The number of aryl methyl sites for hydroxylation is 2. The van der Waals surface area contributed by atoms with Crippen LogP contribution in [0.25, 0.3) is 0 Å². The lowest BCUT2D eigenvalue weighted by Crippen LogP contribution is -2.45. The Morgan fingerprint density at radius 1 is 1.50 bits per heavy atom. The highest BCUT2D eigenvalue weighted by Gasteiger charge is 2.31. The molecule has 1 saturated heterocycles. The molecule has 2 unspecified atom stereocenters. The Morgan fingerprint density at radius 2 is 2.27 bits per heavy atom. The maximum absolute atomic E-state index is 11.8. The zero-order valence-electron chi connectivity index (χ0n) is 13.6. The van der Waals surface area contributed by atoms with Crippen LogP contribution in [0.4, 0.5) is 0 Å². The Hall–Kier alpha value is -1.59. The molecule has 122 valence electrons. The topological polar surface area (TPSA) is 61.8 Å². The molecule has 1 aromatic carbocycles. The molecule has 1 aliphatic heterocycles. The Labute approximate surface area is 132 Å². The molecule has 2 atom stereocenters. The first-order valence-electron chi connectivity index (χ1n) is 7.85. The van der Waals surface area contributed by atoms with E-state index in [9.17, 15) is 9.90 Å². The number of hydrogen-bond acceptors (Lipinski definition) is 4. The number of amides is 1. The van der Waals surface area contributed by atoms with Gasteiger partial charge in [0.15, 0.2) is 0 Å². The van der Waals surface area contributed by atoms with Crippen LogP contribution >= 0.6 is 0 Å². The molecule has 2 N–H and O–H groups in total. The zero-order chi connectivity index (χ0) is 16.1.